The van der Waals surface area contributed by atoms with E-state index in [2.05, 4.69) is 32.6 Å². The zero-order chi connectivity index (χ0) is 27.6. The molecule has 0 fully saturated rings. The minimum atomic E-state index is -0.500. The number of benzene rings is 2. The van der Waals surface area contributed by atoms with E-state index in [1.807, 2.05) is 25.2 Å². The highest BCUT2D eigenvalue weighted by Crippen LogP contribution is 2.54. The van der Waals surface area contributed by atoms with Crippen LogP contribution in [0.5, 0.6) is 5.75 Å². The quantitative estimate of drug-likeness (QED) is 0.368. The third-order valence-corrected chi connectivity index (χ3v) is 8.60. The minimum absolute atomic E-state index is 0.0748. The summed E-state index contributed by atoms with van der Waals surface area (Å²) in [6.07, 6.45) is 2.38. The minimum Gasteiger partial charge on any atom is -0.486 e. The van der Waals surface area contributed by atoms with Crippen molar-refractivity contribution in [1.29, 1.82) is 0 Å². The maximum absolute atomic E-state index is 13.7. The average Bonchev–Trinajstić information content (AvgIpc) is 2.78. The fourth-order valence-electron chi connectivity index (χ4n) is 6.16. The van der Waals surface area contributed by atoms with Crippen molar-refractivity contribution in [1.82, 2.24) is 4.90 Å². The van der Waals surface area contributed by atoms with Crippen LogP contribution in [0.4, 0.5) is 0 Å². The Kier molecular flexibility index (Phi) is 6.99. The van der Waals surface area contributed by atoms with Gasteiger partial charge in [0.2, 0.25) is 0 Å². The molecule has 0 aromatic heterocycles. The summed E-state index contributed by atoms with van der Waals surface area (Å²) < 4.78 is 5.99. The fourth-order valence-corrected chi connectivity index (χ4v) is 6.99. The van der Waals surface area contributed by atoms with Crippen LogP contribution in [0.2, 0.25) is 15.1 Å². The first kappa shape index (κ1) is 27.3. The number of ether oxygens (including phenoxy) is 1. The molecule has 2 aliphatic carbocycles. The second-order valence-electron chi connectivity index (χ2n) is 12.3. The standard InChI is InChI=1S/C31H32Cl3NO3/c1-30(2)12-22-27(24(36)14-30)26(28-23(35(22)5)13-31(3,4)15-25(28)37)18-10-20(33)29(21(34)11-18)38-16-17-7-6-8-19(32)9-17/h6-11,26H,12-16H2,1-5H3. The second kappa shape index (κ2) is 9.73. The summed E-state index contributed by atoms with van der Waals surface area (Å²) in [4.78, 5) is 29.5. The summed E-state index contributed by atoms with van der Waals surface area (Å²) in [5.41, 5.74) is 4.69. The highest BCUT2D eigenvalue weighted by molar-refractivity contribution is 6.37. The van der Waals surface area contributed by atoms with E-state index < -0.39 is 5.92 Å². The van der Waals surface area contributed by atoms with Gasteiger partial charge in [0.1, 0.15) is 6.61 Å². The number of hydrogen-bond donors (Lipinski definition) is 0. The van der Waals surface area contributed by atoms with Gasteiger partial charge in [-0.25, -0.2) is 0 Å². The number of carbonyl (C=O) groups excluding carboxylic acids is 2. The molecule has 0 spiro atoms. The van der Waals surface area contributed by atoms with E-state index in [-0.39, 0.29) is 29.0 Å². The average molecular weight is 573 g/mol. The summed E-state index contributed by atoms with van der Waals surface area (Å²) >= 11 is 19.6. The van der Waals surface area contributed by atoms with Gasteiger partial charge in [-0.2, -0.15) is 0 Å². The molecular formula is C31H32Cl3NO3. The molecule has 7 heteroatoms. The van der Waals surface area contributed by atoms with Crippen molar-refractivity contribution in [2.24, 2.45) is 10.8 Å². The number of nitrogens with zero attached hydrogens (tertiary/aromatic N) is 1. The van der Waals surface area contributed by atoms with Gasteiger partial charge in [0.15, 0.2) is 17.3 Å². The van der Waals surface area contributed by atoms with E-state index in [9.17, 15) is 9.59 Å². The number of ketones is 2. The van der Waals surface area contributed by atoms with Crippen molar-refractivity contribution >= 4 is 46.4 Å². The molecule has 0 atom stereocenters. The Morgan fingerprint density at radius 1 is 0.842 bits per heavy atom. The van der Waals surface area contributed by atoms with Crippen LogP contribution in [0.1, 0.15) is 70.4 Å². The number of allylic oxidation sites excluding steroid dienone is 4. The number of halogens is 3. The predicted molar refractivity (Wildman–Crippen MR) is 153 cm³/mol. The van der Waals surface area contributed by atoms with Gasteiger partial charge in [0, 0.05) is 53.4 Å². The molecule has 3 aliphatic rings. The number of carbonyl (C=O) groups is 2. The topological polar surface area (TPSA) is 46.6 Å². The highest BCUT2D eigenvalue weighted by atomic mass is 35.5. The van der Waals surface area contributed by atoms with Gasteiger partial charge < -0.3 is 9.64 Å². The molecule has 0 N–H and O–H groups in total. The highest BCUT2D eigenvalue weighted by Gasteiger charge is 2.48. The van der Waals surface area contributed by atoms with E-state index in [1.165, 1.54) is 0 Å². The van der Waals surface area contributed by atoms with Gasteiger partial charge in [-0.15, -0.1) is 0 Å². The molecule has 200 valence electrons. The van der Waals surface area contributed by atoms with E-state index >= 15 is 0 Å². The lowest BCUT2D eigenvalue weighted by atomic mass is 9.64. The SMILES string of the molecule is CN1C2=C(C(=O)CC(C)(C)C2)C(c2cc(Cl)c(OCc3cccc(Cl)c3)c(Cl)c2)C2=C1CC(C)(C)CC2=O. The lowest BCUT2D eigenvalue weighted by molar-refractivity contribution is -0.119. The molecule has 1 heterocycles. The first-order valence-electron chi connectivity index (χ1n) is 12.9. The van der Waals surface area contributed by atoms with Gasteiger partial charge in [-0.05, 0) is 59.1 Å². The molecule has 0 saturated carbocycles. The Bertz CT molecular complexity index is 1340. The predicted octanol–water partition coefficient (Wildman–Crippen LogP) is 8.54. The molecule has 2 aromatic rings. The Morgan fingerprint density at radius 2 is 1.37 bits per heavy atom. The summed E-state index contributed by atoms with van der Waals surface area (Å²) in [6.45, 7) is 8.74. The van der Waals surface area contributed by atoms with E-state index in [0.717, 1.165) is 35.4 Å². The lowest BCUT2D eigenvalue weighted by Crippen LogP contribution is -2.43. The van der Waals surface area contributed by atoms with Crippen LogP contribution < -0.4 is 4.74 Å². The Hall–Kier alpha value is -2.27. The molecule has 2 aromatic carbocycles. The number of Topliss-reactive ketones (excluding diaryl/α,β-unsaturated/α-hetero) is 2. The molecule has 0 unspecified atom stereocenters. The molecule has 4 nitrogen and oxygen atoms in total. The largest absolute Gasteiger partial charge is 0.486 e. The molecule has 0 saturated heterocycles. The van der Waals surface area contributed by atoms with Crippen LogP contribution in [-0.4, -0.2) is 23.5 Å². The molecule has 0 bridgehead atoms. The molecule has 5 rings (SSSR count). The summed E-state index contributed by atoms with van der Waals surface area (Å²) in [5.74, 6) is 0.0117. The normalized spacial score (nSPS) is 21.0. The van der Waals surface area contributed by atoms with Crippen molar-refractivity contribution in [2.75, 3.05) is 7.05 Å². The van der Waals surface area contributed by atoms with Crippen LogP contribution in [0.15, 0.2) is 58.9 Å². The monoisotopic (exact) mass is 571 g/mol. The van der Waals surface area contributed by atoms with Crippen molar-refractivity contribution in [3.05, 3.63) is 85.1 Å². The Morgan fingerprint density at radius 3 is 1.87 bits per heavy atom. The number of rotatable bonds is 4. The maximum Gasteiger partial charge on any atom is 0.162 e. The first-order valence-corrected chi connectivity index (χ1v) is 14.0. The molecular weight excluding hydrogens is 541 g/mol. The smallest absolute Gasteiger partial charge is 0.162 e. The van der Waals surface area contributed by atoms with Gasteiger partial charge in [-0.1, -0.05) is 74.6 Å². The number of hydrogen-bond acceptors (Lipinski definition) is 4. The van der Waals surface area contributed by atoms with E-state index in [4.69, 9.17) is 39.5 Å². The molecule has 1 aliphatic heterocycles. The third kappa shape index (κ3) is 5.03. The van der Waals surface area contributed by atoms with Crippen molar-refractivity contribution in [3.8, 4) is 5.75 Å². The summed E-state index contributed by atoms with van der Waals surface area (Å²) in [7, 11) is 2.00. The maximum atomic E-state index is 13.7. The van der Waals surface area contributed by atoms with Gasteiger partial charge in [-0.3, -0.25) is 9.59 Å². The lowest BCUT2D eigenvalue weighted by Gasteiger charge is -2.48. The van der Waals surface area contributed by atoms with Crippen LogP contribution in [0, 0.1) is 10.8 Å². The fraction of sp³-hybridized carbons (Fsp3) is 0.419. The van der Waals surface area contributed by atoms with Gasteiger partial charge in [0.25, 0.3) is 0 Å². The molecule has 0 radical (unpaired) electrons. The zero-order valence-corrected chi connectivity index (χ0v) is 24.7. The summed E-state index contributed by atoms with van der Waals surface area (Å²) in [6, 6.07) is 11.0. The van der Waals surface area contributed by atoms with E-state index in [0.29, 0.717) is 44.8 Å². The van der Waals surface area contributed by atoms with Gasteiger partial charge >= 0.3 is 0 Å². The second-order valence-corrected chi connectivity index (χ2v) is 13.6. The van der Waals surface area contributed by atoms with Crippen molar-refractivity contribution in [3.63, 3.8) is 0 Å². The third-order valence-electron chi connectivity index (χ3n) is 7.81. The zero-order valence-electron chi connectivity index (χ0n) is 22.4. The van der Waals surface area contributed by atoms with Crippen molar-refractivity contribution in [2.45, 2.75) is 65.9 Å². The van der Waals surface area contributed by atoms with Crippen LogP contribution in [-0.2, 0) is 16.2 Å². The van der Waals surface area contributed by atoms with Gasteiger partial charge in [0.05, 0.1) is 10.0 Å². The van der Waals surface area contributed by atoms with Crippen LogP contribution in [0.25, 0.3) is 0 Å². The van der Waals surface area contributed by atoms with Crippen molar-refractivity contribution < 1.29 is 14.3 Å². The molecule has 38 heavy (non-hydrogen) atoms. The molecule has 0 amide bonds. The Balaban J connectivity index is 1.60. The Labute approximate surface area is 239 Å². The van der Waals surface area contributed by atoms with E-state index in [1.54, 1.807) is 18.2 Å². The van der Waals surface area contributed by atoms with Crippen LogP contribution in [0.3, 0.4) is 0 Å². The first-order chi connectivity index (χ1) is 17.8. The summed E-state index contributed by atoms with van der Waals surface area (Å²) in [5, 5.41) is 1.30. The van der Waals surface area contributed by atoms with Crippen LogP contribution >= 0.6 is 34.8 Å².